The maximum Gasteiger partial charge on any atom is 0.261 e. The van der Waals surface area contributed by atoms with E-state index in [9.17, 15) is 4.79 Å². The zero-order valence-corrected chi connectivity index (χ0v) is 11.9. The number of alkyl halides is 1. The molecule has 2 rings (SSSR count). The van der Waals surface area contributed by atoms with Crippen LogP contribution in [0.2, 0.25) is 0 Å². The Balaban J connectivity index is 2.54. The van der Waals surface area contributed by atoms with Crippen LogP contribution >= 0.6 is 11.6 Å². The minimum Gasteiger partial charge on any atom is -0.380 e. The molecule has 0 radical (unpaired) electrons. The van der Waals surface area contributed by atoms with Gasteiger partial charge in [-0.3, -0.25) is 9.36 Å². The van der Waals surface area contributed by atoms with Crippen LogP contribution in [0.3, 0.4) is 0 Å². The second-order valence-electron chi connectivity index (χ2n) is 4.26. The van der Waals surface area contributed by atoms with E-state index in [1.807, 2.05) is 32.0 Å². The Morgan fingerprint density at radius 1 is 1.42 bits per heavy atom. The molecule has 0 aliphatic carbocycles. The number of benzene rings is 1. The Morgan fingerprint density at radius 3 is 2.84 bits per heavy atom. The lowest BCUT2D eigenvalue weighted by molar-refractivity contribution is 0.137. The zero-order chi connectivity index (χ0) is 13.8. The zero-order valence-electron chi connectivity index (χ0n) is 11.1. The van der Waals surface area contributed by atoms with Crippen molar-refractivity contribution in [3.63, 3.8) is 0 Å². The van der Waals surface area contributed by atoms with E-state index in [0.29, 0.717) is 36.5 Å². The van der Waals surface area contributed by atoms with Crippen LogP contribution in [0.15, 0.2) is 29.1 Å². The van der Waals surface area contributed by atoms with Gasteiger partial charge in [0, 0.05) is 6.61 Å². The highest BCUT2D eigenvalue weighted by Gasteiger charge is 2.14. The molecule has 1 unspecified atom stereocenters. The molecule has 1 aromatic heterocycles. The normalized spacial score (nSPS) is 12.8. The quantitative estimate of drug-likeness (QED) is 0.625. The minimum atomic E-state index is -0.320. The first-order chi connectivity index (χ1) is 9.15. The van der Waals surface area contributed by atoms with E-state index in [4.69, 9.17) is 16.3 Å². The van der Waals surface area contributed by atoms with Gasteiger partial charge in [0.25, 0.3) is 5.56 Å². The first kappa shape index (κ1) is 14.0. The number of halogens is 1. The number of ether oxygens (including phenoxy) is 1. The molecule has 2 aromatic rings. The van der Waals surface area contributed by atoms with Crippen molar-refractivity contribution in [2.75, 3.05) is 13.2 Å². The highest BCUT2D eigenvalue weighted by atomic mass is 35.5. The molecule has 0 saturated heterocycles. The number of hydrogen-bond acceptors (Lipinski definition) is 3. The molecule has 0 N–H and O–H groups in total. The highest BCUT2D eigenvalue weighted by molar-refractivity contribution is 6.20. The summed E-state index contributed by atoms with van der Waals surface area (Å²) in [5.41, 5.74) is 0.621. The Labute approximate surface area is 117 Å². The molecule has 0 aliphatic heterocycles. The first-order valence-electron chi connectivity index (χ1n) is 6.36. The standard InChI is InChI=1S/C14H17ClN2O2/c1-3-19-9-8-17-13(10(2)15)16-12-7-5-4-6-11(12)14(17)18/h4-7,10H,3,8-9H2,1-2H3. The summed E-state index contributed by atoms with van der Waals surface area (Å²) in [7, 11) is 0. The van der Waals surface area contributed by atoms with Gasteiger partial charge in [-0.25, -0.2) is 4.98 Å². The van der Waals surface area contributed by atoms with Gasteiger partial charge in [-0.05, 0) is 26.0 Å². The van der Waals surface area contributed by atoms with Gasteiger partial charge >= 0.3 is 0 Å². The molecule has 4 nitrogen and oxygen atoms in total. The number of fused-ring (bicyclic) bond motifs is 1. The third kappa shape index (κ3) is 2.96. The summed E-state index contributed by atoms with van der Waals surface area (Å²) < 4.78 is 6.92. The second-order valence-corrected chi connectivity index (χ2v) is 4.91. The van der Waals surface area contributed by atoms with Crippen molar-refractivity contribution in [2.45, 2.75) is 25.8 Å². The predicted molar refractivity (Wildman–Crippen MR) is 76.8 cm³/mol. The van der Waals surface area contributed by atoms with Crippen LogP contribution in [0, 0.1) is 0 Å². The molecule has 102 valence electrons. The molecule has 5 heteroatoms. The molecule has 19 heavy (non-hydrogen) atoms. The van der Waals surface area contributed by atoms with E-state index in [1.165, 1.54) is 0 Å². The van der Waals surface area contributed by atoms with Gasteiger partial charge in [-0.1, -0.05) is 12.1 Å². The highest BCUT2D eigenvalue weighted by Crippen LogP contribution is 2.18. The van der Waals surface area contributed by atoms with Crippen molar-refractivity contribution in [1.29, 1.82) is 0 Å². The summed E-state index contributed by atoms with van der Waals surface area (Å²) in [4.78, 5) is 16.9. The summed E-state index contributed by atoms with van der Waals surface area (Å²) >= 11 is 6.13. The van der Waals surface area contributed by atoms with E-state index < -0.39 is 0 Å². The fourth-order valence-electron chi connectivity index (χ4n) is 2.01. The lowest BCUT2D eigenvalue weighted by Crippen LogP contribution is -2.27. The van der Waals surface area contributed by atoms with E-state index in [1.54, 1.807) is 10.6 Å². The molecule has 0 saturated carbocycles. The summed E-state index contributed by atoms with van der Waals surface area (Å²) in [5, 5.41) is 0.291. The summed E-state index contributed by atoms with van der Waals surface area (Å²) in [5.74, 6) is 0.588. The SMILES string of the molecule is CCOCCn1c(C(C)Cl)nc2ccccc2c1=O. The van der Waals surface area contributed by atoms with Crippen LogP contribution in [-0.4, -0.2) is 22.8 Å². The Kier molecular flexibility index (Phi) is 4.56. The topological polar surface area (TPSA) is 44.1 Å². The van der Waals surface area contributed by atoms with Gasteiger partial charge in [0.1, 0.15) is 5.82 Å². The molecule has 1 aromatic carbocycles. The summed E-state index contributed by atoms with van der Waals surface area (Å²) in [6.45, 7) is 5.31. The Hall–Kier alpha value is -1.39. The fraction of sp³-hybridized carbons (Fsp3) is 0.429. The third-order valence-corrected chi connectivity index (χ3v) is 3.11. The molecule has 1 heterocycles. The monoisotopic (exact) mass is 280 g/mol. The lowest BCUT2D eigenvalue weighted by atomic mass is 10.2. The van der Waals surface area contributed by atoms with Crippen LogP contribution in [0.25, 0.3) is 10.9 Å². The first-order valence-corrected chi connectivity index (χ1v) is 6.80. The maximum absolute atomic E-state index is 12.5. The molecule has 0 aliphatic rings. The molecule has 0 spiro atoms. The number of nitrogens with zero attached hydrogens (tertiary/aromatic N) is 2. The van der Waals surface area contributed by atoms with Crippen molar-refractivity contribution in [3.8, 4) is 0 Å². The maximum atomic E-state index is 12.5. The van der Waals surface area contributed by atoms with Crippen molar-refractivity contribution in [2.24, 2.45) is 0 Å². The van der Waals surface area contributed by atoms with E-state index >= 15 is 0 Å². The summed E-state index contributed by atoms with van der Waals surface area (Å²) in [6.07, 6.45) is 0. The largest absolute Gasteiger partial charge is 0.380 e. The van der Waals surface area contributed by atoms with E-state index in [-0.39, 0.29) is 10.9 Å². The molecule has 0 fully saturated rings. The molecular formula is C14H17ClN2O2. The van der Waals surface area contributed by atoms with Gasteiger partial charge in [0.2, 0.25) is 0 Å². The number of hydrogen-bond donors (Lipinski definition) is 0. The number of rotatable bonds is 5. The molecule has 0 amide bonds. The predicted octanol–water partition coefficient (Wildman–Crippen LogP) is 2.73. The van der Waals surface area contributed by atoms with Crippen LogP contribution < -0.4 is 5.56 Å². The molecule has 0 bridgehead atoms. The smallest absolute Gasteiger partial charge is 0.261 e. The van der Waals surface area contributed by atoms with Gasteiger partial charge < -0.3 is 4.74 Å². The van der Waals surface area contributed by atoms with Crippen molar-refractivity contribution < 1.29 is 4.74 Å². The van der Waals surface area contributed by atoms with Crippen LogP contribution in [-0.2, 0) is 11.3 Å². The van der Waals surface area contributed by atoms with Crippen molar-refractivity contribution >= 4 is 22.5 Å². The minimum absolute atomic E-state index is 0.0622. The fourth-order valence-corrected chi connectivity index (χ4v) is 2.17. The van der Waals surface area contributed by atoms with Crippen LogP contribution in [0.4, 0.5) is 0 Å². The van der Waals surface area contributed by atoms with Crippen LogP contribution in [0.1, 0.15) is 25.0 Å². The average Bonchev–Trinajstić information content (AvgIpc) is 2.41. The van der Waals surface area contributed by atoms with E-state index in [2.05, 4.69) is 4.98 Å². The van der Waals surface area contributed by atoms with E-state index in [0.717, 1.165) is 0 Å². The van der Waals surface area contributed by atoms with Crippen LogP contribution in [0.5, 0.6) is 0 Å². The second kappa shape index (κ2) is 6.17. The van der Waals surface area contributed by atoms with Gasteiger partial charge in [0.05, 0.1) is 29.4 Å². The number of para-hydroxylation sites is 1. The van der Waals surface area contributed by atoms with Crippen molar-refractivity contribution in [3.05, 3.63) is 40.4 Å². The third-order valence-electron chi connectivity index (χ3n) is 2.91. The van der Waals surface area contributed by atoms with Crippen molar-refractivity contribution in [1.82, 2.24) is 9.55 Å². The number of aromatic nitrogens is 2. The summed E-state index contributed by atoms with van der Waals surface area (Å²) in [6, 6.07) is 7.31. The average molecular weight is 281 g/mol. The lowest BCUT2D eigenvalue weighted by Gasteiger charge is -2.14. The molecule has 1 atom stereocenters. The van der Waals surface area contributed by atoms with Gasteiger partial charge in [0.15, 0.2) is 0 Å². The molecular weight excluding hydrogens is 264 g/mol. The Morgan fingerprint density at radius 2 is 2.16 bits per heavy atom. The van der Waals surface area contributed by atoms with Gasteiger partial charge in [-0.2, -0.15) is 0 Å². The Bertz CT molecular complexity index is 622. The van der Waals surface area contributed by atoms with Gasteiger partial charge in [-0.15, -0.1) is 11.6 Å².